The summed E-state index contributed by atoms with van der Waals surface area (Å²) >= 11 is 0. The van der Waals surface area contributed by atoms with Gasteiger partial charge in [0.2, 0.25) is 10.0 Å². The fourth-order valence-electron chi connectivity index (χ4n) is 2.52. The molecule has 20 heavy (non-hydrogen) atoms. The zero-order valence-electron chi connectivity index (χ0n) is 11.8. The summed E-state index contributed by atoms with van der Waals surface area (Å²) in [6, 6.07) is 7.42. The molecule has 6 heteroatoms. The molecule has 1 aromatic carbocycles. The topological polar surface area (TPSA) is 74.3 Å². The summed E-state index contributed by atoms with van der Waals surface area (Å²) in [5.74, 6) is 0. The van der Waals surface area contributed by atoms with Crippen molar-refractivity contribution in [2.75, 3.05) is 13.2 Å². The van der Waals surface area contributed by atoms with E-state index in [1.54, 1.807) is 13.0 Å². The SMILES string of the molecule is CCOCCCn1c(C)c(S(N)(=O)=O)c2ccccc21. The van der Waals surface area contributed by atoms with E-state index in [0.717, 1.165) is 11.9 Å². The van der Waals surface area contributed by atoms with Crippen LogP contribution >= 0.6 is 0 Å². The molecule has 0 aliphatic rings. The number of primary sulfonamides is 1. The fraction of sp³-hybridized carbons (Fsp3) is 0.429. The Morgan fingerprint density at radius 3 is 2.65 bits per heavy atom. The predicted molar refractivity (Wildman–Crippen MR) is 79.2 cm³/mol. The van der Waals surface area contributed by atoms with E-state index in [9.17, 15) is 8.42 Å². The predicted octanol–water partition coefficient (Wildman–Crippen LogP) is 2.02. The Hall–Kier alpha value is -1.37. The molecule has 1 aromatic heterocycles. The number of nitrogens with zero attached hydrogens (tertiary/aromatic N) is 1. The lowest BCUT2D eigenvalue weighted by Crippen LogP contribution is -2.14. The molecule has 0 atom stereocenters. The number of aryl methyl sites for hydroxylation is 1. The summed E-state index contributed by atoms with van der Waals surface area (Å²) in [7, 11) is -3.73. The largest absolute Gasteiger partial charge is 0.382 e. The Balaban J connectivity index is 2.47. The minimum atomic E-state index is -3.73. The number of fused-ring (bicyclic) bond motifs is 1. The highest BCUT2D eigenvalue weighted by Crippen LogP contribution is 2.29. The van der Waals surface area contributed by atoms with E-state index in [0.29, 0.717) is 30.8 Å². The van der Waals surface area contributed by atoms with E-state index in [4.69, 9.17) is 9.88 Å². The molecule has 0 radical (unpaired) electrons. The van der Waals surface area contributed by atoms with Crippen LogP contribution in [0.3, 0.4) is 0 Å². The number of benzene rings is 1. The summed E-state index contributed by atoms with van der Waals surface area (Å²) in [6.45, 7) is 5.80. The van der Waals surface area contributed by atoms with E-state index in [2.05, 4.69) is 0 Å². The van der Waals surface area contributed by atoms with Gasteiger partial charge in [0.05, 0.1) is 0 Å². The number of sulfonamides is 1. The number of rotatable bonds is 6. The lowest BCUT2D eigenvalue weighted by Gasteiger charge is -2.08. The molecule has 5 nitrogen and oxygen atoms in total. The third-order valence-corrected chi connectivity index (χ3v) is 4.42. The fourth-order valence-corrected chi connectivity index (χ4v) is 3.52. The van der Waals surface area contributed by atoms with Gasteiger partial charge in [-0.1, -0.05) is 18.2 Å². The van der Waals surface area contributed by atoms with Gasteiger partial charge in [-0.15, -0.1) is 0 Å². The Morgan fingerprint density at radius 2 is 2.00 bits per heavy atom. The Labute approximate surface area is 119 Å². The number of ether oxygens (including phenoxy) is 1. The number of hydrogen-bond donors (Lipinski definition) is 1. The molecule has 0 aliphatic heterocycles. The summed E-state index contributed by atoms with van der Waals surface area (Å²) in [4.78, 5) is 0.226. The van der Waals surface area contributed by atoms with Crippen molar-refractivity contribution in [3.63, 3.8) is 0 Å². The van der Waals surface area contributed by atoms with Crippen LogP contribution in [0.15, 0.2) is 29.2 Å². The zero-order valence-corrected chi connectivity index (χ0v) is 12.6. The summed E-state index contributed by atoms with van der Waals surface area (Å²) < 4.78 is 30.9. The zero-order chi connectivity index (χ0) is 14.8. The number of para-hydroxylation sites is 1. The van der Waals surface area contributed by atoms with Gasteiger partial charge in [-0.25, -0.2) is 13.6 Å². The molecule has 0 bridgehead atoms. The molecule has 0 saturated carbocycles. The van der Waals surface area contributed by atoms with Gasteiger partial charge in [-0.2, -0.15) is 0 Å². The van der Waals surface area contributed by atoms with Gasteiger partial charge in [-0.3, -0.25) is 0 Å². The molecule has 0 aliphatic carbocycles. The maximum absolute atomic E-state index is 11.8. The quantitative estimate of drug-likeness (QED) is 0.829. The molecule has 2 N–H and O–H groups in total. The van der Waals surface area contributed by atoms with Crippen molar-refractivity contribution in [2.24, 2.45) is 5.14 Å². The van der Waals surface area contributed by atoms with Crippen LogP contribution in [0.5, 0.6) is 0 Å². The standard InChI is InChI=1S/C14H20N2O3S/c1-3-19-10-6-9-16-11(2)14(20(15,17)18)12-7-4-5-8-13(12)16/h4-5,7-8H,3,6,9-10H2,1-2H3,(H2,15,17,18). The van der Waals surface area contributed by atoms with Crippen LogP contribution in [0.1, 0.15) is 19.0 Å². The number of nitrogens with two attached hydrogens (primary N) is 1. The first-order chi connectivity index (χ1) is 9.46. The van der Waals surface area contributed by atoms with Crippen molar-refractivity contribution < 1.29 is 13.2 Å². The molecule has 110 valence electrons. The van der Waals surface area contributed by atoms with Gasteiger partial charge < -0.3 is 9.30 Å². The smallest absolute Gasteiger partial charge is 0.240 e. The highest BCUT2D eigenvalue weighted by atomic mass is 32.2. The maximum atomic E-state index is 11.8. The van der Waals surface area contributed by atoms with Crippen molar-refractivity contribution in [3.05, 3.63) is 30.0 Å². The van der Waals surface area contributed by atoms with Crippen LogP contribution < -0.4 is 5.14 Å². The minimum absolute atomic E-state index is 0.226. The van der Waals surface area contributed by atoms with Crippen molar-refractivity contribution in [1.29, 1.82) is 0 Å². The molecule has 0 amide bonds. The van der Waals surface area contributed by atoms with Crippen LogP contribution in [0, 0.1) is 6.92 Å². The second kappa shape index (κ2) is 5.95. The first-order valence-electron chi connectivity index (χ1n) is 6.65. The van der Waals surface area contributed by atoms with Gasteiger partial charge in [0.1, 0.15) is 4.90 Å². The highest BCUT2D eigenvalue weighted by Gasteiger charge is 2.21. The van der Waals surface area contributed by atoms with E-state index in [-0.39, 0.29) is 4.90 Å². The molecule has 0 spiro atoms. The van der Waals surface area contributed by atoms with E-state index >= 15 is 0 Å². The molecule has 1 heterocycles. The Bertz CT molecular complexity index is 705. The van der Waals surface area contributed by atoms with Crippen molar-refractivity contribution >= 4 is 20.9 Å². The summed E-state index contributed by atoms with van der Waals surface area (Å²) in [5.41, 5.74) is 1.58. The number of aromatic nitrogens is 1. The van der Waals surface area contributed by atoms with Crippen molar-refractivity contribution in [3.8, 4) is 0 Å². The van der Waals surface area contributed by atoms with Crippen molar-refractivity contribution in [2.45, 2.75) is 31.7 Å². The molecule has 0 fully saturated rings. The van der Waals surface area contributed by atoms with Crippen molar-refractivity contribution in [1.82, 2.24) is 4.57 Å². The average molecular weight is 296 g/mol. The first-order valence-corrected chi connectivity index (χ1v) is 8.19. The van der Waals surface area contributed by atoms with E-state index < -0.39 is 10.0 Å². The van der Waals surface area contributed by atoms with E-state index in [1.807, 2.05) is 29.7 Å². The second-order valence-electron chi connectivity index (χ2n) is 4.68. The van der Waals surface area contributed by atoms with Crippen LogP contribution in [0.2, 0.25) is 0 Å². The third-order valence-electron chi connectivity index (χ3n) is 3.33. The van der Waals surface area contributed by atoms with Crippen LogP contribution in [0.25, 0.3) is 10.9 Å². The lowest BCUT2D eigenvalue weighted by molar-refractivity contribution is 0.142. The molecule has 0 saturated heterocycles. The van der Waals surface area contributed by atoms with Crippen LogP contribution in [-0.4, -0.2) is 26.2 Å². The van der Waals surface area contributed by atoms with Crippen LogP contribution in [0.4, 0.5) is 0 Å². The molecular weight excluding hydrogens is 276 g/mol. The molecule has 2 aromatic rings. The van der Waals surface area contributed by atoms with Gasteiger partial charge in [0.15, 0.2) is 0 Å². The van der Waals surface area contributed by atoms with Crippen LogP contribution in [-0.2, 0) is 21.3 Å². The number of hydrogen-bond acceptors (Lipinski definition) is 3. The minimum Gasteiger partial charge on any atom is -0.382 e. The Kier molecular flexibility index (Phi) is 4.47. The summed E-state index contributed by atoms with van der Waals surface area (Å²) in [6.07, 6.45) is 0.831. The second-order valence-corrected chi connectivity index (χ2v) is 6.18. The molecule has 2 rings (SSSR count). The summed E-state index contributed by atoms with van der Waals surface area (Å²) in [5, 5.41) is 6.03. The van der Waals surface area contributed by atoms with Gasteiger partial charge in [-0.05, 0) is 26.3 Å². The molecule has 0 unspecified atom stereocenters. The van der Waals surface area contributed by atoms with Gasteiger partial charge in [0, 0.05) is 36.4 Å². The molecular formula is C14H20N2O3S. The van der Waals surface area contributed by atoms with Gasteiger partial charge in [0.25, 0.3) is 0 Å². The highest BCUT2D eigenvalue weighted by molar-refractivity contribution is 7.89. The maximum Gasteiger partial charge on any atom is 0.240 e. The lowest BCUT2D eigenvalue weighted by atomic mass is 10.2. The van der Waals surface area contributed by atoms with Gasteiger partial charge >= 0.3 is 0 Å². The normalized spacial score (nSPS) is 12.2. The van der Waals surface area contributed by atoms with E-state index in [1.165, 1.54) is 0 Å². The third kappa shape index (κ3) is 2.87. The first kappa shape index (κ1) is 15.0. The monoisotopic (exact) mass is 296 g/mol. The average Bonchev–Trinajstić information content (AvgIpc) is 2.67. The Morgan fingerprint density at radius 1 is 1.30 bits per heavy atom.